The van der Waals surface area contributed by atoms with Crippen molar-refractivity contribution in [2.45, 2.75) is 13.3 Å². The van der Waals surface area contributed by atoms with Crippen LogP contribution in [0.25, 0.3) is 0 Å². The van der Waals surface area contributed by atoms with E-state index < -0.39 is 0 Å². The number of aromatic nitrogens is 3. The van der Waals surface area contributed by atoms with Crippen molar-refractivity contribution in [1.82, 2.24) is 15.0 Å². The smallest absolute Gasteiger partial charge is 0.235 e. The minimum atomic E-state index is 0.153. The van der Waals surface area contributed by atoms with Crippen molar-refractivity contribution < 1.29 is 4.74 Å². The zero-order valence-electron chi connectivity index (χ0n) is 12.3. The second kappa shape index (κ2) is 7.08. The van der Waals surface area contributed by atoms with Crippen molar-refractivity contribution >= 4 is 29.2 Å². The van der Waals surface area contributed by atoms with Crippen molar-refractivity contribution in [3.05, 3.63) is 29.5 Å². The summed E-state index contributed by atoms with van der Waals surface area (Å²) >= 11 is 5.97. The van der Waals surface area contributed by atoms with Gasteiger partial charge in [-0.15, -0.1) is 0 Å². The Morgan fingerprint density at radius 2 is 2.00 bits per heavy atom. The van der Waals surface area contributed by atoms with E-state index in [9.17, 15) is 0 Å². The maximum atomic E-state index is 5.97. The molecule has 0 saturated carbocycles. The topological polar surface area (TPSA) is 63.2 Å². The summed E-state index contributed by atoms with van der Waals surface area (Å²) in [6.07, 6.45) is 0.973. The van der Waals surface area contributed by atoms with Gasteiger partial charge < -0.3 is 15.0 Å². The van der Waals surface area contributed by atoms with Gasteiger partial charge in [-0.1, -0.05) is 19.1 Å². The third-order valence-corrected chi connectivity index (χ3v) is 3.04. The van der Waals surface area contributed by atoms with Crippen LogP contribution in [0.15, 0.2) is 24.3 Å². The first-order valence-electron chi connectivity index (χ1n) is 6.68. The molecule has 2 rings (SSSR count). The van der Waals surface area contributed by atoms with E-state index >= 15 is 0 Å². The summed E-state index contributed by atoms with van der Waals surface area (Å²) in [7, 11) is 3.48. The molecule has 0 aliphatic carbocycles. The maximum absolute atomic E-state index is 5.97. The number of rotatable bonds is 6. The summed E-state index contributed by atoms with van der Waals surface area (Å²) in [5.41, 5.74) is 0.851. The minimum Gasteiger partial charge on any atom is -0.495 e. The van der Waals surface area contributed by atoms with Crippen molar-refractivity contribution in [1.29, 1.82) is 0 Å². The Balaban J connectivity index is 2.34. The van der Waals surface area contributed by atoms with Crippen LogP contribution in [-0.4, -0.2) is 35.7 Å². The zero-order chi connectivity index (χ0) is 15.2. The quantitative estimate of drug-likeness (QED) is 0.884. The van der Waals surface area contributed by atoms with E-state index in [4.69, 9.17) is 16.3 Å². The van der Waals surface area contributed by atoms with Gasteiger partial charge in [0.2, 0.25) is 17.2 Å². The van der Waals surface area contributed by atoms with Gasteiger partial charge in [0.25, 0.3) is 0 Å². The molecular weight excluding hydrogens is 290 g/mol. The van der Waals surface area contributed by atoms with Crippen molar-refractivity contribution in [2.24, 2.45) is 0 Å². The number of nitrogens with one attached hydrogen (secondary N) is 1. The van der Waals surface area contributed by atoms with Crippen molar-refractivity contribution in [2.75, 3.05) is 30.9 Å². The number of para-hydroxylation sites is 2. The first kappa shape index (κ1) is 15.3. The number of nitrogens with zero attached hydrogens (tertiary/aromatic N) is 4. The average Bonchev–Trinajstić information content (AvgIpc) is 2.51. The van der Waals surface area contributed by atoms with Crippen LogP contribution in [0.1, 0.15) is 13.3 Å². The summed E-state index contributed by atoms with van der Waals surface area (Å²) < 4.78 is 5.35. The molecule has 1 aromatic heterocycles. The first-order valence-corrected chi connectivity index (χ1v) is 7.05. The van der Waals surface area contributed by atoms with Crippen molar-refractivity contribution in [3.63, 3.8) is 0 Å². The highest BCUT2D eigenvalue weighted by Crippen LogP contribution is 2.30. The SMILES string of the molecule is CCCNc1nc(Cl)nc(N(C)c2ccccc2OC)n1. The van der Waals surface area contributed by atoms with Crippen LogP contribution < -0.4 is 15.0 Å². The lowest BCUT2D eigenvalue weighted by Crippen LogP contribution is -2.16. The summed E-state index contributed by atoms with van der Waals surface area (Å²) in [4.78, 5) is 14.4. The van der Waals surface area contributed by atoms with E-state index in [1.807, 2.05) is 36.2 Å². The molecule has 0 spiro atoms. The fourth-order valence-electron chi connectivity index (χ4n) is 1.82. The Morgan fingerprint density at radius 1 is 1.24 bits per heavy atom. The predicted octanol–water partition coefficient (Wildman–Crippen LogP) is 3.12. The molecule has 1 heterocycles. The van der Waals surface area contributed by atoms with E-state index in [0.29, 0.717) is 11.9 Å². The van der Waals surface area contributed by atoms with Crippen LogP contribution in [0.4, 0.5) is 17.6 Å². The van der Waals surface area contributed by atoms with Crippen molar-refractivity contribution in [3.8, 4) is 5.75 Å². The molecule has 0 amide bonds. The van der Waals surface area contributed by atoms with Gasteiger partial charge in [0.15, 0.2) is 0 Å². The third-order valence-electron chi connectivity index (χ3n) is 2.88. The molecule has 0 fully saturated rings. The molecule has 0 atom stereocenters. The molecule has 0 radical (unpaired) electrons. The van der Waals surface area contributed by atoms with Crippen LogP contribution in [-0.2, 0) is 0 Å². The third kappa shape index (κ3) is 3.72. The molecule has 2 aromatic rings. The number of anilines is 3. The molecule has 0 bridgehead atoms. The van der Waals surface area contributed by atoms with Gasteiger partial charge in [0.05, 0.1) is 12.8 Å². The van der Waals surface area contributed by atoms with Gasteiger partial charge in [-0.2, -0.15) is 15.0 Å². The summed E-state index contributed by atoms with van der Waals surface area (Å²) in [5, 5.41) is 3.26. The van der Waals surface area contributed by atoms with Gasteiger partial charge in [-0.05, 0) is 30.2 Å². The van der Waals surface area contributed by atoms with Crippen LogP contribution in [0, 0.1) is 0 Å². The second-order valence-electron chi connectivity index (χ2n) is 4.39. The van der Waals surface area contributed by atoms with E-state index in [-0.39, 0.29) is 5.28 Å². The average molecular weight is 308 g/mol. The highest BCUT2D eigenvalue weighted by Gasteiger charge is 2.14. The lowest BCUT2D eigenvalue weighted by Gasteiger charge is -2.20. The van der Waals surface area contributed by atoms with E-state index in [2.05, 4.69) is 27.2 Å². The molecule has 0 aliphatic rings. The predicted molar refractivity (Wildman–Crippen MR) is 84.7 cm³/mol. The summed E-state index contributed by atoms with van der Waals surface area (Å²) in [5.74, 6) is 1.66. The second-order valence-corrected chi connectivity index (χ2v) is 4.72. The number of halogens is 1. The number of methoxy groups -OCH3 is 1. The van der Waals surface area contributed by atoms with Crippen LogP contribution >= 0.6 is 11.6 Å². The molecule has 0 saturated heterocycles. The minimum absolute atomic E-state index is 0.153. The Labute approximate surface area is 129 Å². The van der Waals surface area contributed by atoms with Gasteiger partial charge >= 0.3 is 0 Å². The Bertz CT molecular complexity index is 608. The van der Waals surface area contributed by atoms with Crippen LogP contribution in [0.3, 0.4) is 0 Å². The van der Waals surface area contributed by atoms with Gasteiger partial charge in [-0.25, -0.2) is 0 Å². The Morgan fingerprint density at radius 3 is 2.71 bits per heavy atom. The van der Waals surface area contributed by atoms with E-state index in [1.165, 1.54) is 0 Å². The first-order chi connectivity index (χ1) is 10.2. The lowest BCUT2D eigenvalue weighted by molar-refractivity contribution is 0.415. The van der Waals surface area contributed by atoms with E-state index in [1.54, 1.807) is 7.11 Å². The molecule has 1 N–H and O–H groups in total. The highest BCUT2D eigenvalue weighted by atomic mass is 35.5. The molecule has 0 unspecified atom stereocenters. The number of hydrogen-bond donors (Lipinski definition) is 1. The molecular formula is C14H18ClN5O. The fraction of sp³-hybridized carbons (Fsp3) is 0.357. The number of hydrogen-bond acceptors (Lipinski definition) is 6. The Kier molecular flexibility index (Phi) is 5.16. The maximum Gasteiger partial charge on any atom is 0.235 e. The summed E-state index contributed by atoms with van der Waals surface area (Å²) in [6.45, 7) is 2.84. The molecule has 0 aliphatic heterocycles. The highest BCUT2D eigenvalue weighted by molar-refractivity contribution is 6.28. The largest absolute Gasteiger partial charge is 0.495 e. The molecule has 21 heavy (non-hydrogen) atoms. The molecule has 1 aromatic carbocycles. The van der Waals surface area contributed by atoms with Gasteiger partial charge in [0, 0.05) is 13.6 Å². The van der Waals surface area contributed by atoms with Gasteiger partial charge in [0.1, 0.15) is 5.75 Å². The fourth-order valence-corrected chi connectivity index (χ4v) is 1.98. The van der Waals surface area contributed by atoms with Crippen LogP contribution in [0.2, 0.25) is 5.28 Å². The summed E-state index contributed by atoms with van der Waals surface area (Å²) in [6, 6.07) is 7.64. The number of ether oxygens (including phenoxy) is 1. The Hall–Kier alpha value is -2.08. The zero-order valence-corrected chi connectivity index (χ0v) is 13.1. The van der Waals surface area contributed by atoms with E-state index in [0.717, 1.165) is 24.4 Å². The van der Waals surface area contributed by atoms with Crippen LogP contribution in [0.5, 0.6) is 5.75 Å². The normalized spacial score (nSPS) is 10.3. The van der Waals surface area contributed by atoms with Gasteiger partial charge in [-0.3, -0.25) is 0 Å². The number of benzene rings is 1. The standard InChI is InChI=1S/C14H18ClN5O/c1-4-9-16-13-17-12(15)18-14(19-13)20(2)10-7-5-6-8-11(10)21-3/h5-8H,4,9H2,1-3H3,(H,16,17,18,19). The monoisotopic (exact) mass is 307 g/mol. The molecule has 6 nitrogen and oxygen atoms in total. The molecule has 112 valence electrons. The molecule has 7 heteroatoms. The lowest BCUT2D eigenvalue weighted by atomic mass is 10.3.